The molecule has 7 nitrogen and oxygen atoms in total. The van der Waals surface area contributed by atoms with E-state index in [0.29, 0.717) is 29.4 Å². The van der Waals surface area contributed by atoms with Gasteiger partial charge in [0.1, 0.15) is 0 Å². The zero-order chi connectivity index (χ0) is 21.5. The monoisotopic (exact) mass is 413 g/mol. The van der Waals surface area contributed by atoms with E-state index in [9.17, 15) is 4.79 Å². The number of carbonyl (C=O) groups excluding carboxylic acids is 1. The average molecular weight is 414 g/mol. The summed E-state index contributed by atoms with van der Waals surface area (Å²) < 4.78 is 15.9. The number of benzene rings is 2. The van der Waals surface area contributed by atoms with E-state index in [1.54, 1.807) is 12.1 Å². The molecule has 1 amide bonds. The highest BCUT2D eigenvalue weighted by atomic mass is 16.5. The molecule has 30 heavy (non-hydrogen) atoms. The Labute approximate surface area is 178 Å². The number of hydrogen-bond acceptors (Lipinski definition) is 6. The molecule has 0 radical (unpaired) electrons. The zero-order valence-electron chi connectivity index (χ0n) is 18.2. The maximum Gasteiger partial charge on any atom is 0.251 e. The minimum Gasteiger partial charge on any atom is -0.493 e. The zero-order valence-corrected chi connectivity index (χ0v) is 18.2. The van der Waals surface area contributed by atoms with E-state index < -0.39 is 0 Å². The molecule has 2 aromatic carbocycles. The van der Waals surface area contributed by atoms with E-state index in [0.717, 1.165) is 32.6 Å². The number of rotatable bonds is 8. The largest absolute Gasteiger partial charge is 0.493 e. The minimum absolute atomic E-state index is 0.177. The Bertz CT molecular complexity index is 821. The van der Waals surface area contributed by atoms with Crippen LogP contribution in [0.15, 0.2) is 36.4 Å². The first-order valence-corrected chi connectivity index (χ1v) is 10.2. The van der Waals surface area contributed by atoms with Gasteiger partial charge in [-0.3, -0.25) is 4.79 Å². The van der Waals surface area contributed by atoms with Crippen LogP contribution >= 0.6 is 0 Å². The molecule has 2 aromatic rings. The molecule has 0 bridgehead atoms. The third-order valence-corrected chi connectivity index (χ3v) is 5.43. The van der Waals surface area contributed by atoms with Crippen molar-refractivity contribution in [3.05, 3.63) is 47.5 Å². The molecule has 1 saturated heterocycles. The summed E-state index contributed by atoms with van der Waals surface area (Å²) in [5, 5.41) is 2.96. The molecule has 1 aliphatic rings. The van der Waals surface area contributed by atoms with Gasteiger partial charge < -0.3 is 29.3 Å². The minimum atomic E-state index is -0.177. The van der Waals surface area contributed by atoms with E-state index in [1.165, 1.54) is 32.6 Å². The van der Waals surface area contributed by atoms with Crippen molar-refractivity contribution < 1.29 is 19.0 Å². The molecule has 1 fully saturated rings. The van der Waals surface area contributed by atoms with Gasteiger partial charge in [-0.15, -0.1) is 0 Å². The number of carbonyl (C=O) groups is 1. The Hall–Kier alpha value is -2.93. The normalized spacial score (nSPS) is 14.3. The second-order valence-electron chi connectivity index (χ2n) is 7.38. The van der Waals surface area contributed by atoms with E-state index in [1.807, 2.05) is 0 Å². The van der Waals surface area contributed by atoms with Gasteiger partial charge in [-0.1, -0.05) is 12.1 Å². The number of likely N-dealkylation sites (N-methyl/N-ethyl adjacent to an activating group) is 1. The smallest absolute Gasteiger partial charge is 0.251 e. The molecule has 1 N–H and O–H groups in total. The molecule has 0 atom stereocenters. The quantitative estimate of drug-likeness (QED) is 0.717. The lowest BCUT2D eigenvalue weighted by molar-refractivity contribution is 0.0953. The maximum atomic E-state index is 12.6. The van der Waals surface area contributed by atoms with Gasteiger partial charge in [0.05, 0.1) is 21.3 Å². The van der Waals surface area contributed by atoms with Crippen LogP contribution in [0.1, 0.15) is 15.9 Å². The lowest BCUT2D eigenvalue weighted by atomic mass is 10.1. The van der Waals surface area contributed by atoms with E-state index >= 15 is 0 Å². The lowest BCUT2D eigenvalue weighted by Gasteiger charge is -2.34. The molecule has 162 valence electrons. The van der Waals surface area contributed by atoms with E-state index in [4.69, 9.17) is 14.2 Å². The highest BCUT2D eigenvalue weighted by Crippen LogP contribution is 2.38. The van der Waals surface area contributed by atoms with E-state index in [-0.39, 0.29) is 5.91 Å². The Morgan fingerprint density at radius 1 is 0.933 bits per heavy atom. The average Bonchev–Trinajstić information content (AvgIpc) is 2.79. The molecular formula is C23H31N3O4. The Morgan fingerprint density at radius 2 is 1.53 bits per heavy atom. The first-order valence-electron chi connectivity index (χ1n) is 10.2. The number of ether oxygens (including phenoxy) is 3. The summed E-state index contributed by atoms with van der Waals surface area (Å²) in [4.78, 5) is 17.3. The molecule has 1 heterocycles. The fourth-order valence-electron chi connectivity index (χ4n) is 3.57. The van der Waals surface area contributed by atoms with Crippen molar-refractivity contribution in [2.75, 3.05) is 66.0 Å². The Morgan fingerprint density at radius 3 is 2.07 bits per heavy atom. The van der Waals surface area contributed by atoms with E-state index in [2.05, 4.69) is 46.4 Å². The van der Waals surface area contributed by atoms with Crippen LogP contribution < -0.4 is 24.4 Å². The van der Waals surface area contributed by atoms with Crippen molar-refractivity contribution in [2.45, 2.75) is 6.42 Å². The highest BCUT2D eigenvalue weighted by Gasteiger charge is 2.17. The molecule has 7 heteroatoms. The van der Waals surface area contributed by atoms with Crippen LogP contribution in [0, 0.1) is 0 Å². The molecule has 0 unspecified atom stereocenters. The van der Waals surface area contributed by atoms with Gasteiger partial charge in [-0.05, 0) is 43.3 Å². The summed E-state index contributed by atoms with van der Waals surface area (Å²) >= 11 is 0. The van der Waals surface area contributed by atoms with Crippen molar-refractivity contribution in [1.82, 2.24) is 10.2 Å². The van der Waals surface area contributed by atoms with Crippen LogP contribution in [0.2, 0.25) is 0 Å². The Kier molecular flexibility index (Phi) is 7.41. The Balaban J connectivity index is 1.55. The third-order valence-electron chi connectivity index (χ3n) is 5.43. The summed E-state index contributed by atoms with van der Waals surface area (Å²) in [5.41, 5.74) is 2.92. The molecule has 3 rings (SSSR count). The van der Waals surface area contributed by atoms with Gasteiger partial charge in [0.2, 0.25) is 5.75 Å². The summed E-state index contributed by atoms with van der Waals surface area (Å²) in [6.07, 6.45) is 0.763. The van der Waals surface area contributed by atoms with Gasteiger partial charge >= 0.3 is 0 Å². The highest BCUT2D eigenvalue weighted by molar-refractivity contribution is 5.95. The van der Waals surface area contributed by atoms with Crippen molar-refractivity contribution in [3.8, 4) is 17.2 Å². The van der Waals surface area contributed by atoms with Crippen LogP contribution in [0.5, 0.6) is 17.2 Å². The SMILES string of the molecule is COc1cc(C(=O)NCCc2ccc(N3CCN(C)CC3)cc2)cc(OC)c1OC. The number of piperazine rings is 1. The van der Waals surface area contributed by atoms with Crippen LogP contribution in [0.3, 0.4) is 0 Å². The van der Waals surface area contributed by atoms with Crippen LogP contribution in [-0.2, 0) is 6.42 Å². The maximum absolute atomic E-state index is 12.6. The lowest BCUT2D eigenvalue weighted by Crippen LogP contribution is -2.44. The number of amides is 1. The summed E-state index contributed by atoms with van der Waals surface area (Å²) in [6, 6.07) is 11.9. The van der Waals surface area contributed by atoms with Gasteiger partial charge in [-0.2, -0.15) is 0 Å². The second-order valence-corrected chi connectivity index (χ2v) is 7.38. The second kappa shape index (κ2) is 10.2. The van der Waals surface area contributed by atoms with Crippen molar-refractivity contribution >= 4 is 11.6 Å². The summed E-state index contributed by atoms with van der Waals surface area (Å²) in [7, 11) is 6.76. The van der Waals surface area contributed by atoms with Crippen LogP contribution in [0.25, 0.3) is 0 Å². The van der Waals surface area contributed by atoms with Gasteiger partial charge in [-0.25, -0.2) is 0 Å². The number of nitrogens with one attached hydrogen (secondary N) is 1. The number of methoxy groups -OCH3 is 3. The predicted molar refractivity (Wildman–Crippen MR) is 118 cm³/mol. The fourth-order valence-corrected chi connectivity index (χ4v) is 3.57. The molecule has 1 aliphatic heterocycles. The third kappa shape index (κ3) is 5.16. The summed E-state index contributed by atoms with van der Waals surface area (Å²) in [6.45, 7) is 4.84. The summed E-state index contributed by atoms with van der Waals surface area (Å²) in [5.74, 6) is 1.21. The number of nitrogens with zero attached hydrogens (tertiary/aromatic N) is 2. The predicted octanol–water partition coefficient (Wildman–Crippen LogP) is 2.44. The van der Waals surface area contributed by atoms with Gasteiger partial charge in [0, 0.05) is 44.0 Å². The van der Waals surface area contributed by atoms with Crippen molar-refractivity contribution in [1.29, 1.82) is 0 Å². The topological polar surface area (TPSA) is 63.3 Å². The first kappa shape index (κ1) is 21.8. The van der Waals surface area contributed by atoms with Crippen molar-refractivity contribution in [3.63, 3.8) is 0 Å². The van der Waals surface area contributed by atoms with Crippen LogP contribution in [0.4, 0.5) is 5.69 Å². The molecule has 0 spiro atoms. The number of hydrogen-bond donors (Lipinski definition) is 1. The number of anilines is 1. The van der Waals surface area contributed by atoms with Crippen molar-refractivity contribution in [2.24, 2.45) is 0 Å². The fraction of sp³-hybridized carbons (Fsp3) is 0.435. The van der Waals surface area contributed by atoms with Gasteiger partial charge in [0.25, 0.3) is 5.91 Å². The standard InChI is InChI=1S/C23H31N3O4/c1-25-11-13-26(14-12-25)19-7-5-17(6-8-19)9-10-24-23(27)18-15-20(28-2)22(30-4)21(16-18)29-3/h5-8,15-16H,9-14H2,1-4H3,(H,24,27). The van der Waals surface area contributed by atoms with Crippen LogP contribution in [-0.4, -0.2) is 71.9 Å². The van der Waals surface area contributed by atoms with Gasteiger partial charge in [0.15, 0.2) is 11.5 Å². The molecule has 0 aliphatic carbocycles. The first-order chi connectivity index (χ1) is 14.5. The molecule has 0 saturated carbocycles. The molecular weight excluding hydrogens is 382 g/mol. The molecule has 0 aromatic heterocycles.